The monoisotopic (exact) mass is 455 g/mol. The van der Waals surface area contributed by atoms with E-state index in [9.17, 15) is 4.79 Å². The van der Waals surface area contributed by atoms with Gasteiger partial charge >= 0.3 is 5.97 Å². The van der Waals surface area contributed by atoms with Crippen molar-refractivity contribution in [2.24, 2.45) is 5.92 Å². The third-order valence-electron chi connectivity index (χ3n) is 7.62. The predicted molar refractivity (Wildman–Crippen MR) is 139 cm³/mol. The molecule has 1 saturated carbocycles. The molecule has 3 aromatic rings. The molecule has 1 unspecified atom stereocenters. The minimum absolute atomic E-state index is 0.0924. The zero-order valence-electron chi connectivity index (χ0n) is 21.1. The Morgan fingerprint density at radius 3 is 2.12 bits per heavy atom. The highest BCUT2D eigenvalue weighted by Gasteiger charge is 2.47. The van der Waals surface area contributed by atoms with Crippen LogP contribution in [-0.4, -0.2) is 24.0 Å². The number of carbonyl (C=O) groups is 1. The number of rotatable bonds is 7. The van der Waals surface area contributed by atoms with E-state index >= 15 is 0 Å². The highest BCUT2D eigenvalue weighted by molar-refractivity contribution is 5.75. The quantitative estimate of drug-likeness (QED) is 0.363. The number of hydrogen-bond donors (Lipinski definition) is 0. The van der Waals surface area contributed by atoms with Crippen molar-refractivity contribution in [3.05, 3.63) is 106 Å². The summed E-state index contributed by atoms with van der Waals surface area (Å²) in [6, 6.07) is 26.0. The maximum absolute atomic E-state index is 13.4. The van der Waals surface area contributed by atoms with Crippen molar-refractivity contribution in [3.8, 4) is 0 Å². The van der Waals surface area contributed by atoms with Crippen molar-refractivity contribution >= 4 is 5.97 Å². The molecule has 0 saturated heterocycles. The molecule has 3 aromatic carbocycles. The fourth-order valence-corrected chi connectivity index (χ4v) is 6.17. The molecule has 0 heterocycles. The lowest BCUT2D eigenvalue weighted by Crippen LogP contribution is -2.43. The summed E-state index contributed by atoms with van der Waals surface area (Å²) in [5.41, 5.74) is 7.70. The SMILES string of the molecule is COC(=O)[C@H]1C(N(Cc2ccccc2)[C@@H](C)c2ccccc2)CC[C@@H]1c1c(C)cc(C)cc1C. The first-order valence-electron chi connectivity index (χ1n) is 12.4. The maximum atomic E-state index is 13.4. The van der Waals surface area contributed by atoms with Gasteiger partial charge < -0.3 is 4.74 Å². The molecule has 3 heteroatoms. The molecule has 1 aliphatic carbocycles. The average molecular weight is 456 g/mol. The molecule has 178 valence electrons. The Bertz CT molecular complexity index is 1090. The Morgan fingerprint density at radius 1 is 0.941 bits per heavy atom. The molecular formula is C31H37NO2. The van der Waals surface area contributed by atoms with Gasteiger partial charge in [-0.05, 0) is 74.3 Å². The second-order valence-electron chi connectivity index (χ2n) is 9.86. The Labute approximate surface area is 204 Å². The summed E-state index contributed by atoms with van der Waals surface area (Å²) in [7, 11) is 1.53. The van der Waals surface area contributed by atoms with Crippen molar-refractivity contribution in [2.45, 2.75) is 65.1 Å². The Balaban J connectivity index is 1.76. The minimum Gasteiger partial charge on any atom is -0.469 e. The van der Waals surface area contributed by atoms with Crippen LogP contribution in [0.5, 0.6) is 0 Å². The number of esters is 1. The third-order valence-corrected chi connectivity index (χ3v) is 7.62. The molecule has 0 aromatic heterocycles. The summed E-state index contributed by atoms with van der Waals surface area (Å²) in [4.78, 5) is 15.9. The molecule has 1 fully saturated rings. The minimum atomic E-state index is -0.194. The number of nitrogens with zero attached hydrogens (tertiary/aromatic N) is 1. The largest absolute Gasteiger partial charge is 0.469 e. The van der Waals surface area contributed by atoms with Crippen molar-refractivity contribution in [1.29, 1.82) is 0 Å². The van der Waals surface area contributed by atoms with Crippen LogP contribution in [0.25, 0.3) is 0 Å². The first kappa shape index (κ1) is 24.2. The van der Waals surface area contributed by atoms with E-state index in [0.717, 1.165) is 19.4 Å². The van der Waals surface area contributed by atoms with Gasteiger partial charge in [-0.2, -0.15) is 0 Å². The summed E-state index contributed by atoms with van der Waals surface area (Å²) >= 11 is 0. The molecule has 0 spiro atoms. The first-order chi connectivity index (χ1) is 16.4. The summed E-state index contributed by atoms with van der Waals surface area (Å²) < 4.78 is 5.44. The van der Waals surface area contributed by atoms with Crippen LogP contribution >= 0.6 is 0 Å². The zero-order chi connectivity index (χ0) is 24.2. The number of hydrogen-bond acceptors (Lipinski definition) is 3. The van der Waals surface area contributed by atoms with Gasteiger partial charge in [0, 0.05) is 18.6 Å². The molecule has 0 bridgehead atoms. The Kier molecular flexibility index (Phi) is 7.53. The molecule has 3 nitrogen and oxygen atoms in total. The van der Waals surface area contributed by atoms with Crippen LogP contribution in [0.3, 0.4) is 0 Å². The molecule has 4 rings (SSSR count). The fraction of sp³-hybridized carbons (Fsp3) is 0.387. The van der Waals surface area contributed by atoms with Crippen LogP contribution in [0.15, 0.2) is 72.8 Å². The van der Waals surface area contributed by atoms with Crippen LogP contribution in [0, 0.1) is 26.7 Å². The molecule has 0 radical (unpaired) electrons. The van der Waals surface area contributed by atoms with Crippen LogP contribution < -0.4 is 0 Å². The summed E-state index contributed by atoms with van der Waals surface area (Å²) in [5.74, 6) is -0.121. The third kappa shape index (κ3) is 4.95. The van der Waals surface area contributed by atoms with Gasteiger partial charge in [0.25, 0.3) is 0 Å². The van der Waals surface area contributed by atoms with Crippen LogP contribution in [-0.2, 0) is 16.1 Å². The smallest absolute Gasteiger partial charge is 0.310 e. The number of aryl methyl sites for hydroxylation is 3. The van der Waals surface area contributed by atoms with Crippen molar-refractivity contribution < 1.29 is 9.53 Å². The molecule has 0 N–H and O–H groups in total. The van der Waals surface area contributed by atoms with Crippen molar-refractivity contribution in [3.63, 3.8) is 0 Å². The van der Waals surface area contributed by atoms with Crippen LogP contribution in [0.4, 0.5) is 0 Å². The van der Waals surface area contributed by atoms with Gasteiger partial charge in [0.2, 0.25) is 0 Å². The Morgan fingerprint density at radius 2 is 1.53 bits per heavy atom. The van der Waals surface area contributed by atoms with Crippen molar-refractivity contribution in [1.82, 2.24) is 4.90 Å². The van der Waals surface area contributed by atoms with E-state index in [-0.39, 0.29) is 29.9 Å². The van der Waals surface area contributed by atoms with Gasteiger partial charge in [-0.1, -0.05) is 78.4 Å². The van der Waals surface area contributed by atoms with Gasteiger partial charge in [0.05, 0.1) is 13.0 Å². The van der Waals surface area contributed by atoms with Crippen LogP contribution in [0.2, 0.25) is 0 Å². The lowest BCUT2D eigenvalue weighted by molar-refractivity contribution is -0.148. The van der Waals surface area contributed by atoms with E-state index in [1.807, 2.05) is 0 Å². The second kappa shape index (κ2) is 10.6. The lowest BCUT2D eigenvalue weighted by atomic mass is 9.81. The standard InChI is InChI=1S/C31H37NO2/c1-21-18-22(2)29(23(3)19-21)27-16-17-28(30(27)31(33)34-5)32(20-25-12-8-6-9-13-25)24(4)26-14-10-7-11-15-26/h6-15,18-19,24,27-28,30H,16-17,20H2,1-5H3/t24-,27+,28?,30+/m0/s1. The molecule has 1 aliphatic rings. The molecule has 4 atom stereocenters. The van der Waals surface area contributed by atoms with Crippen LogP contribution in [0.1, 0.15) is 65.1 Å². The van der Waals surface area contributed by atoms with E-state index in [2.05, 4.69) is 105 Å². The van der Waals surface area contributed by atoms with E-state index < -0.39 is 0 Å². The molecular weight excluding hydrogens is 418 g/mol. The number of ether oxygens (including phenoxy) is 1. The van der Waals surface area contributed by atoms with Gasteiger partial charge in [0.1, 0.15) is 0 Å². The van der Waals surface area contributed by atoms with E-state index in [1.165, 1.54) is 40.5 Å². The summed E-state index contributed by atoms with van der Waals surface area (Å²) in [5, 5.41) is 0. The zero-order valence-corrected chi connectivity index (χ0v) is 21.1. The normalized spacial score (nSPS) is 20.9. The topological polar surface area (TPSA) is 29.5 Å². The maximum Gasteiger partial charge on any atom is 0.310 e. The fourth-order valence-electron chi connectivity index (χ4n) is 6.17. The average Bonchev–Trinajstić information content (AvgIpc) is 3.26. The number of carbonyl (C=O) groups excluding carboxylic acids is 1. The molecule has 34 heavy (non-hydrogen) atoms. The van der Waals surface area contributed by atoms with Gasteiger partial charge in [-0.3, -0.25) is 9.69 Å². The predicted octanol–water partition coefficient (Wildman–Crippen LogP) is 6.91. The van der Waals surface area contributed by atoms with Crippen molar-refractivity contribution in [2.75, 3.05) is 7.11 Å². The van der Waals surface area contributed by atoms with E-state index in [1.54, 1.807) is 0 Å². The highest BCUT2D eigenvalue weighted by Crippen LogP contribution is 2.47. The molecule has 0 aliphatic heterocycles. The summed E-state index contributed by atoms with van der Waals surface area (Å²) in [6.07, 6.45) is 1.96. The molecule has 0 amide bonds. The van der Waals surface area contributed by atoms with E-state index in [4.69, 9.17) is 4.74 Å². The van der Waals surface area contributed by atoms with Gasteiger partial charge in [-0.15, -0.1) is 0 Å². The van der Waals surface area contributed by atoms with Gasteiger partial charge in [-0.25, -0.2) is 0 Å². The second-order valence-corrected chi connectivity index (χ2v) is 9.86. The number of benzene rings is 3. The first-order valence-corrected chi connectivity index (χ1v) is 12.4. The summed E-state index contributed by atoms with van der Waals surface area (Å²) in [6.45, 7) is 9.58. The Hall–Kier alpha value is -2.91. The number of methoxy groups -OCH3 is 1. The highest BCUT2D eigenvalue weighted by atomic mass is 16.5. The van der Waals surface area contributed by atoms with E-state index in [0.29, 0.717) is 0 Å². The lowest BCUT2D eigenvalue weighted by Gasteiger charge is -2.38. The van der Waals surface area contributed by atoms with Gasteiger partial charge in [0.15, 0.2) is 0 Å².